The molecule has 0 aliphatic carbocycles. The Bertz CT molecular complexity index is 810. The molecule has 7 heteroatoms. The van der Waals surface area contributed by atoms with Crippen LogP contribution in [0, 0.1) is 11.3 Å². The Balaban J connectivity index is 1.98. The van der Waals surface area contributed by atoms with Crippen molar-refractivity contribution in [3.8, 4) is 6.07 Å². The zero-order valence-electron chi connectivity index (χ0n) is 14.3. The summed E-state index contributed by atoms with van der Waals surface area (Å²) in [5, 5.41) is 11.6. The Morgan fingerprint density at radius 3 is 2.46 bits per heavy atom. The van der Waals surface area contributed by atoms with E-state index in [0.29, 0.717) is 23.4 Å². The molecule has 1 amide bonds. The van der Waals surface area contributed by atoms with E-state index in [1.807, 2.05) is 6.07 Å². The lowest BCUT2D eigenvalue weighted by molar-refractivity contribution is -0.137. The SMILES string of the molecule is C[C@H](C(=O)Nc1cccc(C#N)c1)N(C)Cc1ccc(C(F)(F)F)cc1. The maximum absolute atomic E-state index is 12.6. The van der Waals surface area contributed by atoms with E-state index in [-0.39, 0.29) is 5.91 Å². The van der Waals surface area contributed by atoms with Gasteiger partial charge in [-0.2, -0.15) is 18.4 Å². The van der Waals surface area contributed by atoms with Crippen molar-refractivity contribution in [2.75, 3.05) is 12.4 Å². The molecule has 2 rings (SSSR count). The van der Waals surface area contributed by atoms with Crippen LogP contribution in [0.3, 0.4) is 0 Å². The summed E-state index contributed by atoms with van der Waals surface area (Å²) in [6.07, 6.45) is -4.37. The van der Waals surface area contributed by atoms with Gasteiger partial charge in [0.2, 0.25) is 5.91 Å². The van der Waals surface area contributed by atoms with Gasteiger partial charge in [0.1, 0.15) is 0 Å². The number of amides is 1. The summed E-state index contributed by atoms with van der Waals surface area (Å²) in [5.74, 6) is -0.269. The van der Waals surface area contributed by atoms with Crippen LogP contribution in [0.25, 0.3) is 0 Å². The van der Waals surface area contributed by atoms with Crippen molar-refractivity contribution in [2.45, 2.75) is 25.7 Å². The zero-order chi connectivity index (χ0) is 19.3. The van der Waals surface area contributed by atoms with Gasteiger partial charge in [0.15, 0.2) is 0 Å². The van der Waals surface area contributed by atoms with Crippen LogP contribution in [0.2, 0.25) is 0 Å². The Hall–Kier alpha value is -2.85. The molecule has 0 aliphatic rings. The number of nitrogens with one attached hydrogen (secondary N) is 1. The third-order valence-corrected chi connectivity index (χ3v) is 4.01. The molecule has 0 spiro atoms. The minimum Gasteiger partial charge on any atom is -0.325 e. The van der Waals surface area contributed by atoms with Crippen LogP contribution in [0.4, 0.5) is 18.9 Å². The first-order valence-electron chi connectivity index (χ1n) is 7.88. The second kappa shape index (κ2) is 8.02. The fraction of sp³-hybridized carbons (Fsp3) is 0.263. The normalized spacial score (nSPS) is 12.5. The molecule has 26 heavy (non-hydrogen) atoms. The monoisotopic (exact) mass is 361 g/mol. The average molecular weight is 361 g/mol. The van der Waals surface area contributed by atoms with Gasteiger partial charge < -0.3 is 5.32 Å². The maximum atomic E-state index is 12.6. The highest BCUT2D eigenvalue weighted by molar-refractivity contribution is 5.94. The summed E-state index contributed by atoms with van der Waals surface area (Å²) in [6.45, 7) is 2.03. The van der Waals surface area contributed by atoms with Crippen LogP contribution >= 0.6 is 0 Å². The van der Waals surface area contributed by atoms with Crippen LogP contribution in [0.1, 0.15) is 23.6 Å². The largest absolute Gasteiger partial charge is 0.416 e. The number of rotatable bonds is 5. The van der Waals surface area contributed by atoms with Gasteiger partial charge in [-0.3, -0.25) is 9.69 Å². The van der Waals surface area contributed by atoms with Gasteiger partial charge in [-0.1, -0.05) is 18.2 Å². The fourth-order valence-corrected chi connectivity index (χ4v) is 2.34. The van der Waals surface area contributed by atoms with Gasteiger partial charge in [-0.15, -0.1) is 0 Å². The molecule has 0 saturated carbocycles. The van der Waals surface area contributed by atoms with Gasteiger partial charge in [-0.05, 0) is 49.9 Å². The second-order valence-electron chi connectivity index (χ2n) is 5.97. The Morgan fingerprint density at radius 2 is 1.88 bits per heavy atom. The first-order valence-corrected chi connectivity index (χ1v) is 7.88. The van der Waals surface area contributed by atoms with E-state index in [1.165, 1.54) is 12.1 Å². The molecular weight excluding hydrogens is 343 g/mol. The molecule has 0 aromatic heterocycles. The van der Waals surface area contributed by atoms with Crippen molar-refractivity contribution < 1.29 is 18.0 Å². The van der Waals surface area contributed by atoms with Gasteiger partial charge >= 0.3 is 6.18 Å². The molecule has 2 aromatic rings. The van der Waals surface area contributed by atoms with E-state index in [0.717, 1.165) is 12.1 Å². The van der Waals surface area contributed by atoms with Gasteiger partial charge in [0.05, 0.1) is 23.2 Å². The van der Waals surface area contributed by atoms with Crippen LogP contribution in [-0.4, -0.2) is 23.9 Å². The molecule has 0 aliphatic heterocycles. The van der Waals surface area contributed by atoms with Crippen LogP contribution in [0.15, 0.2) is 48.5 Å². The molecule has 0 radical (unpaired) electrons. The molecule has 1 atom stereocenters. The number of benzene rings is 2. The van der Waals surface area contributed by atoms with Crippen LogP contribution in [0.5, 0.6) is 0 Å². The molecule has 4 nitrogen and oxygen atoms in total. The number of alkyl halides is 3. The molecule has 0 heterocycles. The van der Waals surface area contributed by atoms with Crippen LogP contribution in [-0.2, 0) is 17.5 Å². The van der Waals surface area contributed by atoms with E-state index in [1.54, 1.807) is 43.1 Å². The third-order valence-electron chi connectivity index (χ3n) is 4.01. The van der Waals surface area contributed by atoms with Gasteiger partial charge in [-0.25, -0.2) is 0 Å². The number of nitrogens with zero attached hydrogens (tertiary/aromatic N) is 2. The fourth-order valence-electron chi connectivity index (χ4n) is 2.34. The minimum atomic E-state index is -4.37. The summed E-state index contributed by atoms with van der Waals surface area (Å²) in [4.78, 5) is 14.1. The summed E-state index contributed by atoms with van der Waals surface area (Å²) in [5.41, 5.74) is 0.927. The number of hydrogen-bond acceptors (Lipinski definition) is 3. The molecule has 1 N–H and O–H groups in total. The van der Waals surface area contributed by atoms with Gasteiger partial charge in [0.25, 0.3) is 0 Å². The highest BCUT2D eigenvalue weighted by atomic mass is 19.4. The Kier molecular flexibility index (Phi) is 6.01. The second-order valence-corrected chi connectivity index (χ2v) is 5.97. The number of anilines is 1. The first kappa shape index (κ1) is 19.5. The molecule has 0 bridgehead atoms. The van der Waals surface area contributed by atoms with E-state index in [9.17, 15) is 18.0 Å². The number of carbonyl (C=O) groups is 1. The van der Waals surface area contributed by atoms with Crippen molar-refractivity contribution in [1.29, 1.82) is 5.26 Å². The topological polar surface area (TPSA) is 56.1 Å². The zero-order valence-corrected chi connectivity index (χ0v) is 14.3. The van der Waals surface area contributed by atoms with Crippen molar-refractivity contribution in [3.63, 3.8) is 0 Å². The number of halogens is 3. The number of likely N-dealkylation sites (N-methyl/N-ethyl adjacent to an activating group) is 1. The first-order chi connectivity index (χ1) is 12.2. The minimum absolute atomic E-state index is 0.269. The molecule has 136 valence electrons. The van der Waals surface area contributed by atoms with E-state index < -0.39 is 17.8 Å². The molecule has 0 fully saturated rings. The van der Waals surface area contributed by atoms with E-state index in [4.69, 9.17) is 5.26 Å². The lowest BCUT2D eigenvalue weighted by Gasteiger charge is -2.24. The number of nitriles is 1. The third kappa shape index (κ3) is 5.07. The standard InChI is InChI=1S/C19H18F3N3O/c1-13(18(26)24-17-5-3-4-15(10-17)11-23)25(2)12-14-6-8-16(9-7-14)19(20,21)22/h3-10,13H,12H2,1-2H3,(H,24,26)/t13-/m1/s1. The van der Waals surface area contributed by atoms with Crippen LogP contribution < -0.4 is 5.32 Å². The van der Waals surface area contributed by atoms with Crippen molar-refractivity contribution in [2.24, 2.45) is 0 Å². The predicted molar refractivity (Wildman–Crippen MR) is 92.2 cm³/mol. The summed E-state index contributed by atoms with van der Waals surface area (Å²) < 4.78 is 37.8. The van der Waals surface area contributed by atoms with Crippen molar-refractivity contribution in [1.82, 2.24) is 4.90 Å². The maximum Gasteiger partial charge on any atom is 0.416 e. The Labute approximate surface area is 149 Å². The lowest BCUT2D eigenvalue weighted by atomic mass is 10.1. The predicted octanol–water partition coefficient (Wildman–Crippen LogP) is 4.04. The number of carbonyl (C=O) groups excluding carboxylic acids is 1. The van der Waals surface area contributed by atoms with Gasteiger partial charge in [0, 0.05) is 12.2 Å². The van der Waals surface area contributed by atoms with Crippen molar-refractivity contribution in [3.05, 3.63) is 65.2 Å². The molecule has 0 unspecified atom stereocenters. The van der Waals surface area contributed by atoms with E-state index in [2.05, 4.69) is 5.32 Å². The summed E-state index contributed by atoms with van der Waals surface area (Å²) in [7, 11) is 1.72. The summed E-state index contributed by atoms with van der Waals surface area (Å²) >= 11 is 0. The average Bonchev–Trinajstić information content (AvgIpc) is 2.60. The molecule has 2 aromatic carbocycles. The lowest BCUT2D eigenvalue weighted by Crippen LogP contribution is -2.39. The Morgan fingerprint density at radius 1 is 1.23 bits per heavy atom. The number of hydrogen-bond donors (Lipinski definition) is 1. The quantitative estimate of drug-likeness (QED) is 0.875. The highest BCUT2D eigenvalue weighted by Crippen LogP contribution is 2.29. The molecule has 0 saturated heterocycles. The van der Waals surface area contributed by atoms with E-state index >= 15 is 0 Å². The smallest absolute Gasteiger partial charge is 0.325 e. The highest BCUT2D eigenvalue weighted by Gasteiger charge is 2.30. The van der Waals surface area contributed by atoms with Crippen molar-refractivity contribution >= 4 is 11.6 Å². The molecular formula is C19H18F3N3O. The summed E-state index contributed by atoms with van der Waals surface area (Å²) in [6, 6.07) is 12.9.